The van der Waals surface area contributed by atoms with Crippen molar-refractivity contribution in [3.8, 4) is 0 Å². The topological polar surface area (TPSA) is 61.2 Å². The second kappa shape index (κ2) is 8.71. The molecule has 1 aromatic heterocycles. The second-order valence-electron chi connectivity index (χ2n) is 5.83. The fraction of sp³-hybridized carbons (Fsp3) is 0.0952. The molecular formula is C21H17FN2O3. The summed E-state index contributed by atoms with van der Waals surface area (Å²) in [5.74, 6) is -1.46. The molecule has 3 aromatic rings. The van der Waals surface area contributed by atoms with Crippen molar-refractivity contribution in [1.82, 2.24) is 9.78 Å². The number of aromatic nitrogens is 2. The molecule has 6 heteroatoms. The molecule has 3 rings (SSSR count). The van der Waals surface area contributed by atoms with Gasteiger partial charge in [0, 0.05) is 23.4 Å². The van der Waals surface area contributed by atoms with E-state index in [1.54, 1.807) is 23.2 Å². The van der Waals surface area contributed by atoms with E-state index in [1.807, 2.05) is 30.3 Å². The normalized spacial score (nSPS) is 10.9. The van der Waals surface area contributed by atoms with Crippen molar-refractivity contribution in [1.29, 1.82) is 0 Å². The van der Waals surface area contributed by atoms with E-state index in [0.29, 0.717) is 6.54 Å². The number of rotatable bonds is 7. The Balaban J connectivity index is 1.50. The standard InChI is InChI=1S/C21H17FN2O3/c22-19-9-7-18(8-10-19)20(25)15-27-21(26)11-6-17-12-23-24(14-17)13-16-4-2-1-3-5-16/h1-12,14H,13,15H2/b11-6+. The molecule has 0 saturated heterocycles. The summed E-state index contributed by atoms with van der Waals surface area (Å²) in [5.41, 5.74) is 2.15. The highest BCUT2D eigenvalue weighted by Crippen LogP contribution is 2.06. The molecule has 0 spiro atoms. The summed E-state index contributed by atoms with van der Waals surface area (Å²) < 4.78 is 19.5. The molecule has 0 fully saturated rings. The van der Waals surface area contributed by atoms with Gasteiger partial charge in [0.15, 0.2) is 12.4 Å². The van der Waals surface area contributed by atoms with E-state index >= 15 is 0 Å². The number of hydrogen-bond donors (Lipinski definition) is 0. The molecule has 0 saturated carbocycles. The van der Waals surface area contributed by atoms with Gasteiger partial charge in [-0.2, -0.15) is 5.10 Å². The third kappa shape index (κ3) is 5.47. The highest BCUT2D eigenvalue weighted by atomic mass is 19.1. The van der Waals surface area contributed by atoms with Crippen LogP contribution in [-0.2, 0) is 16.1 Å². The van der Waals surface area contributed by atoms with Crippen LogP contribution in [0.4, 0.5) is 4.39 Å². The van der Waals surface area contributed by atoms with Crippen molar-refractivity contribution in [2.75, 3.05) is 6.61 Å². The van der Waals surface area contributed by atoms with E-state index in [4.69, 9.17) is 4.74 Å². The van der Waals surface area contributed by atoms with Crippen molar-refractivity contribution >= 4 is 17.8 Å². The average Bonchev–Trinajstić information content (AvgIpc) is 3.13. The number of esters is 1. The first-order valence-electron chi connectivity index (χ1n) is 8.30. The highest BCUT2D eigenvalue weighted by molar-refractivity contribution is 5.98. The summed E-state index contributed by atoms with van der Waals surface area (Å²) in [6, 6.07) is 15.0. The Morgan fingerprint density at radius 3 is 2.56 bits per heavy atom. The summed E-state index contributed by atoms with van der Waals surface area (Å²) in [6.45, 7) is 0.230. The number of carbonyl (C=O) groups is 2. The van der Waals surface area contributed by atoms with Gasteiger partial charge in [0.1, 0.15) is 5.82 Å². The van der Waals surface area contributed by atoms with Gasteiger partial charge in [-0.1, -0.05) is 30.3 Å². The molecule has 0 bridgehead atoms. The van der Waals surface area contributed by atoms with Crippen LogP contribution in [0.25, 0.3) is 6.08 Å². The summed E-state index contributed by atoms with van der Waals surface area (Å²) >= 11 is 0. The number of ketones is 1. The minimum Gasteiger partial charge on any atom is -0.454 e. The molecule has 5 nitrogen and oxygen atoms in total. The molecule has 2 aromatic carbocycles. The maximum atomic E-state index is 12.8. The van der Waals surface area contributed by atoms with E-state index in [0.717, 1.165) is 11.1 Å². The second-order valence-corrected chi connectivity index (χ2v) is 5.83. The molecule has 0 atom stereocenters. The van der Waals surface area contributed by atoms with Crippen LogP contribution < -0.4 is 0 Å². The van der Waals surface area contributed by atoms with E-state index in [2.05, 4.69) is 5.10 Å². The van der Waals surface area contributed by atoms with Gasteiger partial charge in [-0.15, -0.1) is 0 Å². The lowest BCUT2D eigenvalue weighted by atomic mass is 10.1. The van der Waals surface area contributed by atoms with Gasteiger partial charge in [-0.05, 0) is 35.9 Å². The summed E-state index contributed by atoms with van der Waals surface area (Å²) in [6.07, 6.45) is 6.25. The number of hydrogen-bond acceptors (Lipinski definition) is 4. The van der Waals surface area contributed by atoms with E-state index in [-0.39, 0.29) is 5.56 Å². The molecule has 0 aliphatic carbocycles. The largest absolute Gasteiger partial charge is 0.454 e. The molecule has 136 valence electrons. The van der Waals surface area contributed by atoms with Crippen LogP contribution in [0.15, 0.2) is 73.1 Å². The Bertz CT molecular complexity index is 947. The lowest BCUT2D eigenvalue weighted by Crippen LogP contribution is -2.12. The van der Waals surface area contributed by atoms with Gasteiger partial charge in [0.2, 0.25) is 0 Å². The SMILES string of the molecule is O=C(/C=C/c1cnn(Cc2ccccc2)c1)OCC(=O)c1ccc(F)cc1. The molecule has 0 amide bonds. The van der Waals surface area contributed by atoms with Gasteiger partial charge in [-0.25, -0.2) is 9.18 Å². The van der Waals surface area contributed by atoms with Gasteiger partial charge in [-0.3, -0.25) is 9.48 Å². The Labute approximate surface area is 155 Å². The van der Waals surface area contributed by atoms with Crippen molar-refractivity contribution in [3.63, 3.8) is 0 Å². The number of benzene rings is 2. The average molecular weight is 364 g/mol. The smallest absolute Gasteiger partial charge is 0.331 e. The van der Waals surface area contributed by atoms with Crippen molar-refractivity contribution in [2.45, 2.75) is 6.54 Å². The lowest BCUT2D eigenvalue weighted by Gasteiger charge is -2.01. The van der Waals surface area contributed by atoms with Gasteiger partial charge in [0.05, 0.1) is 12.7 Å². The first-order valence-corrected chi connectivity index (χ1v) is 8.30. The van der Waals surface area contributed by atoms with Crippen LogP contribution in [0.2, 0.25) is 0 Å². The molecule has 0 N–H and O–H groups in total. The fourth-order valence-corrected chi connectivity index (χ4v) is 2.39. The zero-order chi connectivity index (χ0) is 19.1. The Morgan fingerprint density at radius 2 is 1.81 bits per heavy atom. The van der Waals surface area contributed by atoms with Crippen molar-refractivity contribution in [2.24, 2.45) is 0 Å². The predicted octanol–water partition coefficient (Wildman–Crippen LogP) is 3.51. The lowest BCUT2D eigenvalue weighted by molar-refractivity contribution is -0.136. The van der Waals surface area contributed by atoms with Crippen LogP contribution >= 0.6 is 0 Å². The molecule has 0 aliphatic rings. The maximum absolute atomic E-state index is 12.8. The van der Waals surface area contributed by atoms with Crippen LogP contribution in [-0.4, -0.2) is 28.1 Å². The number of halogens is 1. The Kier molecular flexibility index (Phi) is 5.89. The zero-order valence-electron chi connectivity index (χ0n) is 14.4. The number of Topliss-reactive ketones (excluding diaryl/α,β-unsaturated/α-hetero) is 1. The Morgan fingerprint density at radius 1 is 1.07 bits per heavy atom. The zero-order valence-corrected chi connectivity index (χ0v) is 14.4. The summed E-state index contributed by atoms with van der Waals surface area (Å²) in [7, 11) is 0. The van der Waals surface area contributed by atoms with Crippen molar-refractivity contribution < 1.29 is 18.7 Å². The van der Waals surface area contributed by atoms with Crippen LogP contribution in [0, 0.1) is 5.82 Å². The number of ether oxygens (including phenoxy) is 1. The van der Waals surface area contributed by atoms with Gasteiger partial charge < -0.3 is 4.74 Å². The molecule has 1 heterocycles. The Hall–Kier alpha value is -3.54. The highest BCUT2D eigenvalue weighted by Gasteiger charge is 2.08. The van der Waals surface area contributed by atoms with E-state index in [1.165, 1.54) is 30.3 Å². The van der Waals surface area contributed by atoms with Gasteiger partial charge >= 0.3 is 5.97 Å². The number of carbonyl (C=O) groups excluding carboxylic acids is 2. The molecule has 0 aliphatic heterocycles. The summed E-state index contributed by atoms with van der Waals surface area (Å²) in [5, 5.41) is 4.24. The minimum absolute atomic E-state index is 0.287. The molecule has 27 heavy (non-hydrogen) atoms. The third-order valence-corrected chi connectivity index (χ3v) is 3.76. The minimum atomic E-state index is -0.638. The first-order chi connectivity index (χ1) is 13.1. The third-order valence-electron chi connectivity index (χ3n) is 3.76. The van der Waals surface area contributed by atoms with Crippen LogP contribution in [0.3, 0.4) is 0 Å². The van der Waals surface area contributed by atoms with E-state index < -0.39 is 24.2 Å². The quantitative estimate of drug-likeness (QED) is 0.366. The molecule has 0 unspecified atom stereocenters. The van der Waals surface area contributed by atoms with Crippen molar-refractivity contribution in [3.05, 3.63) is 95.6 Å². The predicted molar refractivity (Wildman–Crippen MR) is 98.5 cm³/mol. The number of nitrogens with zero attached hydrogens (tertiary/aromatic N) is 2. The van der Waals surface area contributed by atoms with Gasteiger partial charge in [0.25, 0.3) is 0 Å². The molecular weight excluding hydrogens is 347 g/mol. The first kappa shape index (κ1) is 18.3. The van der Waals surface area contributed by atoms with Crippen LogP contribution in [0.5, 0.6) is 0 Å². The fourth-order valence-electron chi connectivity index (χ4n) is 2.39. The summed E-state index contributed by atoms with van der Waals surface area (Å²) in [4.78, 5) is 23.6. The monoisotopic (exact) mass is 364 g/mol. The van der Waals surface area contributed by atoms with E-state index in [9.17, 15) is 14.0 Å². The van der Waals surface area contributed by atoms with Crippen LogP contribution in [0.1, 0.15) is 21.5 Å². The molecule has 0 radical (unpaired) electrons. The maximum Gasteiger partial charge on any atom is 0.331 e.